The van der Waals surface area contributed by atoms with E-state index in [0.717, 1.165) is 38.0 Å². The third-order valence-electron chi connectivity index (χ3n) is 6.10. The number of nitrogens with one attached hydrogen (secondary N) is 1. The first-order chi connectivity index (χ1) is 13.1. The van der Waals surface area contributed by atoms with E-state index in [4.69, 9.17) is 4.74 Å². The quantitative estimate of drug-likeness (QED) is 0.865. The number of H-pyrrole nitrogens is 1. The Hall–Kier alpha value is -2.54. The summed E-state index contributed by atoms with van der Waals surface area (Å²) in [6.45, 7) is 5.44. The minimum Gasteiger partial charge on any atom is -0.504 e. The van der Waals surface area contributed by atoms with Gasteiger partial charge in [-0.2, -0.15) is 0 Å². The molecule has 144 valence electrons. The lowest BCUT2D eigenvalue weighted by molar-refractivity contribution is 0.0102. The van der Waals surface area contributed by atoms with Crippen LogP contribution < -0.4 is 4.74 Å². The molecule has 0 atom stereocenters. The molecule has 7 heteroatoms. The lowest BCUT2D eigenvalue weighted by atomic mass is 9.78. The number of likely N-dealkylation sites (N-methyl/N-ethyl adjacent to an activating group) is 1. The molecule has 2 aliphatic heterocycles. The fraction of sp³-hybridized carbons (Fsp3) is 0.500. The van der Waals surface area contributed by atoms with E-state index in [2.05, 4.69) is 21.8 Å². The Morgan fingerprint density at radius 2 is 2.11 bits per heavy atom. The summed E-state index contributed by atoms with van der Waals surface area (Å²) in [7, 11) is 1.48. The highest BCUT2D eigenvalue weighted by atomic mass is 16.5. The molecule has 2 aliphatic rings. The predicted molar refractivity (Wildman–Crippen MR) is 101 cm³/mol. The maximum atomic E-state index is 13.0. The third kappa shape index (κ3) is 2.77. The number of fused-ring (bicyclic) bond motifs is 2. The molecule has 0 aliphatic carbocycles. The number of imidazole rings is 1. The Bertz CT molecular complexity index is 840. The molecule has 0 saturated carbocycles. The number of benzene rings is 1. The molecule has 1 aromatic carbocycles. The van der Waals surface area contributed by atoms with Crippen LogP contribution in [0.4, 0.5) is 0 Å². The lowest BCUT2D eigenvalue weighted by Crippen LogP contribution is -2.57. The molecule has 1 spiro atoms. The maximum Gasteiger partial charge on any atom is 0.257 e. The molecule has 1 fully saturated rings. The van der Waals surface area contributed by atoms with Crippen LogP contribution in [-0.4, -0.2) is 64.1 Å². The number of nitrogens with zero attached hydrogens (tertiary/aromatic N) is 3. The van der Waals surface area contributed by atoms with E-state index >= 15 is 0 Å². The van der Waals surface area contributed by atoms with E-state index < -0.39 is 0 Å². The number of ether oxygens (including phenoxy) is 1. The molecule has 2 N–H and O–H groups in total. The van der Waals surface area contributed by atoms with Crippen molar-refractivity contribution in [2.24, 2.45) is 0 Å². The van der Waals surface area contributed by atoms with Crippen molar-refractivity contribution < 1.29 is 14.6 Å². The molecule has 0 unspecified atom stereocenters. The number of piperidine rings is 1. The summed E-state index contributed by atoms with van der Waals surface area (Å²) in [6, 6.07) is 5.03. The van der Waals surface area contributed by atoms with Gasteiger partial charge < -0.3 is 19.7 Å². The Morgan fingerprint density at radius 3 is 2.81 bits per heavy atom. The Morgan fingerprint density at radius 1 is 1.33 bits per heavy atom. The van der Waals surface area contributed by atoms with Gasteiger partial charge >= 0.3 is 0 Å². The van der Waals surface area contributed by atoms with Crippen molar-refractivity contribution in [2.75, 3.05) is 33.3 Å². The van der Waals surface area contributed by atoms with Crippen molar-refractivity contribution in [3.05, 3.63) is 41.5 Å². The molecule has 0 bridgehead atoms. The van der Waals surface area contributed by atoms with Gasteiger partial charge in [0.1, 0.15) is 0 Å². The number of rotatable bonds is 3. The number of phenolic OH excluding ortho intramolecular Hbond substituents is 1. The number of amides is 1. The number of carbonyl (C=O) groups excluding carboxylic acids is 1. The van der Waals surface area contributed by atoms with E-state index in [1.807, 2.05) is 4.90 Å². The zero-order valence-corrected chi connectivity index (χ0v) is 15.9. The van der Waals surface area contributed by atoms with Gasteiger partial charge in [0.15, 0.2) is 11.5 Å². The molecule has 7 nitrogen and oxygen atoms in total. The zero-order valence-electron chi connectivity index (χ0n) is 15.9. The molecule has 1 saturated heterocycles. The minimum atomic E-state index is -0.151. The van der Waals surface area contributed by atoms with Crippen molar-refractivity contribution >= 4 is 5.91 Å². The number of para-hydroxylation sites is 1. The fourth-order valence-corrected chi connectivity index (χ4v) is 4.65. The average molecular weight is 370 g/mol. The molecular weight excluding hydrogens is 344 g/mol. The van der Waals surface area contributed by atoms with Gasteiger partial charge in [-0.3, -0.25) is 9.69 Å². The van der Waals surface area contributed by atoms with Gasteiger partial charge in [-0.05, 0) is 31.5 Å². The number of likely N-dealkylation sites (tertiary alicyclic amines) is 1. The highest BCUT2D eigenvalue weighted by molar-refractivity contribution is 5.97. The van der Waals surface area contributed by atoms with Gasteiger partial charge in [0, 0.05) is 31.7 Å². The van der Waals surface area contributed by atoms with Gasteiger partial charge in [-0.25, -0.2) is 4.98 Å². The first kappa shape index (κ1) is 17.9. The van der Waals surface area contributed by atoms with E-state index in [1.165, 1.54) is 12.8 Å². The van der Waals surface area contributed by atoms with Crippen LogP contribution in [0.2, 0.25) is 0 Å². The summed E-state index contributed by atoms with van der Waals surface area (Å²) in [5, 5.41) is 10.3. The topological polar surface area (TPSA) is 81.7 Å². The zero-order chi connectivity index (χ0) is 19.0. The van der Waals surface area contributed by atoms with Crippen LogP contribution in [0.5, 0.6) is 11.5 Å². The van der Waals surface area contributed by atoms with Crippen molar-refractivity contribution in [3.8, 4) is 11.5 Å². The number of methoxy groups -OCH3 is 1. The van der Waals surface area contributed by atoms with Crippen molar-refractivity contribution in [3.63, 3.8) is 0 Å². The number of aromatic hydroxyl groups is 1. The van der Waals surface area contributed by atoms with E-state index in [-0.39, 0.29) is 17.2 Å². The minimum absolute atomic E-state index is 0.0901. The Balaban J connectivity index is 1.57. The number of hydrogen-bond acceptors (Lipinski definition) is 5. The van der Waals surface area contributed by atoms with Crippen LogP contribution in [0.3, 0.4) is 0 Å². The first-order valence-corrected chi connectivity index (χ1v) is 9.53. The molecule has 3 heterocycles. The summed E-state index contributed by atoms with van der Waals surface area (Å²) >= 11 is 0. The van der Waals surface area contributed by atoms with Gasteiger partial charge in [-0.1, -0.05) is 13.0 Å². The van der Waals surface area contributed by atoms with Crippen molar-refractivity contribution in [1.29, 1.82) is 0 Å². The van der Waals surface area contributed by atoms with Crippen LogP contribution in [0.25, 0.3) is 0 Å². The average Bonchev–Trinajstić information content (AvgIpc) is 3.19. The Labute approximate surface area is 159 Å². The van der Waals surface area contributed by atoms with Crippen LogP contribution >= 0.6 is 0 Å². The Kier molecular flexibility index (Phi) is 4.55. The second kappa shape index (κ2) is 6.88. The van der Waals surface area contributed by atoms with Gasteiger partial charge in [0.25, 0.3) is 5.91 Å². The van der Waals surface area contributed by atoms with E-state index in [1.54, 1.807) is 24.5 Å². The van der Waals surface area contributed by atoms with Gasteiger partial charge in [-0.15, -0.1) is 0 Å². The SMILES string of the molecule is CCN1CCc2[nH]cnc2C12CCN(C(=O)c1cccc(OC)c1O)CC2. The first-order valence-electron chi connectivity index (χ1n) is 9.53. The largest absolute Gasteiger partial charge is 0.504 e. The number of hydrogen-bond donors (Lipinski definition) is 2. The van der Waals surface area contributed by atoms with Crippen LogP contribution in [0, 0.1) is 0 Å². The fourth-order valence-electron chi connectivity index (χ4n) is 4.65. The summed E-state index contributed by atoms with van der Waals surface area (Å²) in [5.41, 5.74) is 2.56. The second-order valence-electron chi connectivity index (χ2n) is 7.24. The van der Waals surface area contributed by atoms with Crippen LogP contribution in [0.1, 0.15) is 41.5 Å². The van der Waals surface area contributed by atoms with E-state index in [0.29, 0.717) is 24.4 Å². The number of carbonyl (C=O) groups is 1. The number of aromatic nitrogens is 2. The molecule has 1 amide bonds. The molecule has 1 aromatic heterocycles. The smallest absolute Gasteiger partial charge is 0.257 e. The molecule has 4 rings (SSSR count). The molecule has 27 heavy (non-hydrogen) atoms. The highest BCUT2D eigenvalue weighted by Crippen LogP contribution is 2.42. The monoisotopic (exact) mass is 370 g/mol. The number of aromatic amines is 1. The summed E-state index contributed by atoms with van der Waals surface area (Å²) in [4.78, 5) is 25.2. The van der Waals surface area contributed by atoms with Crippen molar-refractivity contribution in [2.45, 2.75) is 31.7 Å². The molecule has 0 radical (unpaired) electrons. The predicted octanol–water partition coefficient (Wildman–Crippen LogP) is 2.13. The molecular formula is C20H26N4O3. The van der Waals surface area contributed by atoms with Crippen LogP contribution in [0.15, 0.2) is 24.5 Å². The van der Waals surface area contributed by atoms with Gasteiger partial charge in [0.2, 0.25) is 0 Å². The normalized spacial score (nSPS) is 19.1. The summed E-state index contributed by atoms with van der Waals surface area (Å²) in [6.07, 6.45) is 4.47. The second-order valence-corrected chi connectivity index (χ2v) is 7.24. The summed E-state index contributed by atoms with van der Waals surface area (Å²) in [5.74, 6) is 0.0787. The maximum absolute atomic E-state index is 13.0. The highest BCUT2D eigenvalue weighted by Gasteiger charge is 2.46. The summed E-state index contributed by atoms with van der Waals surface area (Å²) < 4.78 is 5.13. The van der Waals surface area contributed by atoms with Crippen molar-refractivity contribution in [1.82, 2.24) is 19.8 Å². The third-order valence-corrected chi connectivity index (χ3v) is 6.10. The van der Waals surface area contributed by atoms with Crippen LogP contribution in [-0.2, 0) is 12.0 Å². The standard InChI is InChI=1S/C20H26N4O3/c1-3-24-10-7-15-18(22-13-21-15)20(24)8-11-23(12-9-20)19(26)14-5-4-6-16(27-2)17(14)25/h4-6,13,25H,3,7-12H2,1-2H3,(H,21,22). The van der Waals surface area contributed by atoms with Gasteiger partial charge in [0.05, 0.1) is 30.2 Å². The molecule has 2 aromatic rings. The van der Waals surface area contributed by atoms with E-state index in [9.17, 15) is 9.90 Å². The lowest BCUT2D eigenvalue weighted by Gasteiger charge is -2.50. The number of phenols is 1.